The zero-order valence-electron chi connectivity index (χ0n) is 13.6. The summed E-state index contributed by atoms with van der Waals surface area (Å²) < 4.78 is 10.5. The summed E-state index contributed by atoms with van der Waals surface area (Å²) in [6.45, 7) is 8.11. The summed E-state index contributed by atoms with van der Waals surface area (Å²) in [7, 11) is 1.66. The van der Waals surface area contributed by atoms with Crippen molar-refractivity contribution < 1.29 is 14.3 Å². The molecule has 0 fully saturated rings. The van der Waals surface area contributed by atoms with Crippen LogP contribution in [0.3, 0.4) is 0 Å². The molecule has 0 spiro atoms. The molecular formula is C17H21NO3S. The van der Waals surface area contributed by atoms with Crippen LogP contribution in [0.1, 0.15) is 41.7 Å². The predicted molar refractivity (Wildman–Crippen MR) is 88.2 cm³/mol. The van der Waals surface area contributed by atoms with Crippen LogP contribution < -0.4 is 0 Å². The number of methoxy groups -OCH3 is 1. The van der Waals surface area contributed by atoms with E-state index < -0.39 is 5.60 Å². The zero-order chi connectivity index (χ0) is 16.3. The molecule has 0 saturated carbocycles. The summed E-state index contributed by atoms with van der Waals surface area (Å²) >= 11 is 1.62. The summed E-state index contributed by atoms with van der Waals surface area (Å²) in [5, 5.41) is 0.931. The van der Waals surface area contributed by atoms with Gasteiger partial charge < -0.3 is 9.47 Å². The molecule has 4 nitrogen and oxygen atoms in total. The van der Waals surface area contributed by atoms with Crippen molar-refractivity contribution in [1.82, 2.24) is 4.98 Å². The molecule has 0 aliphatic rings. The fourth-order valence-electron chi connectivity index (χ4n) is 1.91. The standard InChI is InChI=1S/C17H21NO3S/c1-11-14(10-20-5)18-15(22-11)12-6-8-13(9-7-12)16(19)21-17(2,3)4/h6-9H,10H2,1-5H3. The first-order valence-corrected chi connectivity index (χ1v) is 7.91. The van der Waals surface area contributed by atoms with E-state index in [1.807, 2.05) is 39.8 Å². The minimum Gasteiger partial charge on any atom is -0.456 e. The molecular weight excluding hydrogens is 298 g/mol. The van der Waals surface area contributed by atoms with E-state index in [2.05, 4.69) is 4.98 Å². The fraction of sp³-hybridized carbons (Fsp3) is 0.412. The number of thiazole rings is 1. The third-order valence-corrected chi connectivity index (χ3v) is 4.00. The minimum absolute atomic E-state index is 0.311. The summed E-state index contributed by atoms with van der Waals surface area (Å²) in [4.78, 5) is 17.7. The van der Waals surface area contributed by atoms with Crippen molar-refractivity contribution in [3.8, 4) is 10.6 Å². The maximum atomic E-state index is 12.0. The number of rotatable bonds is 4. The summed E-state index contributed by atoms with van der Waals surface area (Å²) in [5.74, 6) is -0.311. The highest BCUT2D eigenvalue weighted by molar-refractivity contribution is 7.15. The van der Waals surface area contributed by atoms with Crippen LogP contribution in [0.2, 0.25) is 0 Å². The smallest absolute Gasteiger partial charge is 0.338 e. The van der Waals surface area contributed by atoms with Crippen molar-refractivity contribution in [3.63, 3.8) is 0 Å². The highest BCUT2D eigenvalue weighted by Gasteiger charge is 2.18. The lowest BCUT2D eigenvalue weighted by Crippen LogP contribution is -2.23. The van der Waals surface area contributed by atoms with E-state index in [9.17, 15) is 4.79 Å². The average Bonchev–Trinajstić information content (AvgIpc) is 2.79. The molecule has 0 radical (unpaired) electrons. The van der Waals surface area contributed by atoms with Gasteiger partial charge in [0.25, 0.3) is 0 Å². The second kappa shape index (κ2) is 6.58. The Morgan fingerprint density at radius 2 is 1.86 bits per heavy atom. The Hall–Kier alpha value is -1.72. The summed E-state index contributed by atoms with van der Waals surface area (Å²) in [5.41, 5.74) is 2.00. The van der Waals surface area contributed by atoms with Crippen molar-refractivity contribution in [2.75, 3.05) is 7.11 Å². The third-order valence-electron chi connectivity index (χ3n) is 2.94. The first-order chi connectivity index (χ1) is 10.3. The van der Waals surface area contributed by atoms with Crippen molar-refractivity contribution in [1.29, 1.82) is 0 Å². The highest BCUT2D eigenvalue weighted by Crippen LogP contribution is 2.28. The van der Waals surface area contributed by atoms with Crippen molar-refractivity contribution in [3.05, 3.63) is 40.4 Å². The first-order valence-electron chi connectivity index (χ1n) is 7.09. The molecule has 118 valence electrons. The van der Waals surface area contributed by atoms with E-state index in [1.54, 1.807) is 30.6 Å². The Morgan fingerprint density at radius 1 is 1.23 bits per heavy atom. The lowest BCUT2D eigenvalue weighted by Gasteiger charge is -2.19. The monoisotopic (exact) mass is 319 g/mol. The van der Waals surface area contributed by atoms with E-state index in [4.69, 9.17) is 9.47 Å². The van der Waals surface area contributed by atoms with Gasteiger partial charge in [-0.3, -0.25) is 0 Å². The number of carbonyl (C=O) groups excluding carboxylic acids is 1. The van der Waals surface area contributed by atoms with Crippen LogP contribution in [-0.4, -0.2) is 23.7 Å². The van der Waals surface area contributed by atoms with Crippen molar-refractivity contribution in [2.45, 2.75) is 39.9 Å². The van der Waals surface area contributed by atoms with E-state index in [1.165, 1.54) is 0 Å². The molecule has 0 atom stereocenters. The van der Waals surface area contributed by atoms with Crippen LogP contribution in [0.25, 0.3) is 10.6 Å². The maximum absolute atomic E-state index is 12.0. The van der Waals surface area contributed by atoms with Gasteiger partial charge in [0.2, 0.25) is 0 Å². The van der Waals surface area contributed by atoms with Gasteiger partial charge in [-0.2, -0.15) is 0 Å². The Bertz CT molecular complexity index is 654. The Morgan fingerprint density at radius 3 is 2.41 bits per heavy atom. The van der Waals surface area contributed by atoms with E-state index >= 15 is 0 Å². The van der Waals surface area contributed by atoms with Crippen LogP contribution in [0.4, 0.5) is 0 Å². The summed E-state index contributed by atoms with van der Waals surface area (Å²) in [6.07, 6.45) is 0. The molecule has 22 heavy (non-hydrogen) atoms. The molecule has 0 amide bonds. The lowest BCUT2D eigenvalue weighted by molar-refractivity contribution is 0.00696. The van der Waals surface area contributed by atoms with Gasteiger partial charge in [-0.25, -0.2) is 9.78 Å². The first kappa shape index (κ1) is 16.6. The van der Waals surface area contributed by atoms with E-state index in [0.717, 1.165) is 21.1 Å². The fourth-order valence-corrected chi connectivity index (χ4v) is 2.83. The van der Waals surface area contributed by atoms with Gasteiger partial charge >= 0.3 is 5.97 Å². The molecule has 0 aliphatic carbocycles. The van der Waals surface area contributed by atoms with Crippen LogP contribution >= 0.6 is 11.3 Å². The Labute approximate surface area is 135 Å². The number of aromatic nitrogens is 1. The Kier molecular flexibility index (Phi) is 4.98. The van der Waals surface area contributed by atoms with Gasteiger partial charge in [0.15, 0.2) is 0 Å². The second-order valence-corrected chi connectivity index (χ2v) is 7.24. The zero-order valence-corrected chi connectivity index (χ0v) is 14.4. The van der Waals surface area contributed by atoms with Crippen LogP contribution in [0, 0.1) is 6.92 Å². The molecule has 1 heterocycles. The lowest BCUT2D eigenvalue weighted by atomic mass is 10.1. The SMILES string of the molecule is COCc1nc(-c2ccc(C(=O)OC(C)(C)C)cc2)sc1C. The molecule has 0 saturated heterocycles. The van der Waals surface area contributed by atoms with Crippen molar-refractivity contribution in [2.24, 2.45) is 0 Å². The van der Waals surface area contributed by atoms with Crippen LogP contribution in [-0.2, 0) is 16.1 Å². The molecule has 0 N–H and O–H groups in total. The van der Waals surface area contributed by atoms with Gasteiger partial charge in [-0.05, 0) is 39.8 Å². The topological polar surface area (TPSA) is 48.4 Å². The number of ether oxygens (including phenoxy) is 2. The number of benzene rings is 1. The highest BCUT2D eigenvalue weighted by atomic mass is 32.1. The van der Waals surface area contributed by atoms with Gasteiger partial charge in [-0.15, -0.1) is 11.3 Å². The number of hydrogen-bond donors (Lipinski definition) is 0. The van der Waals surface area contributed by atoms with Gasteiger partial charge in [0.1, 0.15) is 10.6 Å². The van der Waals surface area contributed by atoms with Gasteiger partial charge in [0.05, 0.1) is 17.9 Å². The van der Waals surface area contributed by atoms with Crippen molar-refractivity contribution >= 4 is 17.3 Å². The van der Waals surface area contributed by atoms with E-state index in [0.29, 0.717) is 12.2 Å². The van der Waals surface area contributed by atoms with Crippen LogP contribution in [0.15, 0.2) is 24.3 Å². The molecule has 1 aromatic carbocycles. The average molecular weight is 319 g/mol. The van der Waals surface area contributed by atoms with Gasteiger partial charge in [0, 0.05) is 17.6 Å². The number of aryl methyl sites for hydroxylation is 1. The normalized spacial score (nSPS) is 11.5. The summed E-state index contributed by atoms with van der Waals surface area (Å²) in [6, 6.07) is 7.34. The maximum Gasteiger partial charge on any atom is 0.338 e. The molecule has 0 bridgehead atoms. The third kappa shape index (κ3) is 4.15. The molecule has 1 aromatic heterocycles. The molecule has 0 unspecified atom stereocenters. The second-order valence-electron chi connectivity index (χ2n) is 6.03. The number of nitrogens with zero attached hydrogens (tertiary/aromatic N) is 1. The van der Waals surface area contributed by atoms with E-state index in [-0.39, 0.29) is 5.97 Å². The number of carbonyl (C=O) groups is 1. The molecule has 0 aliphatic heterocycles. The van der Waals surface area contributed by atoms with Gasteiger partial charge in [-0.1, -0.05) is 12.1 Å². The number of esters is 1. The number of hydrogen-bond acceptors (Lipinski definition) is 5. The van der Waals surface area contributed by atoms with Crippen LogP contribution in [0.5, 0.6) is 0 Å². The largest absolute Gasteiger partial charge is 0.456 e. The minimum atomic E-state index is -0.489. The molecule has 2 aromatic rings. The Balaban J connectivity index is 2.18. The quantitative estimate of drug-likeness (QED) is 0.792. The predicted octanol–water partition coefficient (Wildman–Crippen LogP) is 4.22. The molecule has 5 heteroatoms. The molecule has 2 rings (SSSR count).